The topological polar surface area (TPSA) is 29.5 Å². The van der Waals surface area contributed by atoms with Gasteiger partial charge in [-0.3, -0.25) is 9.69 Å². The Morgan fingerprint density at radius 3 is 2.78 bits per heavy atom. The number of esters is 1. The van der Waals surface area contributed by atoms with Crippen LogP contribution in [0.15, 0.2) is 42.5 Å². The molecule has 2 atom stereocenters. The summed E-state index contributed by atoms with van der Waals surface area (Å²) < 4.78 is 5.30. The van der Waals surface area contributed by atoms with Gasteiger partial charge < -0.3 is 4.74 Å². The molecule has 1 heterocycles. The van der Waals surface area contributed by atoms with Crippen LogP contribution in [0.2, 0.25) is 0 Å². The van der Waals surface area contributed by atoms with Crippen molar-refractivity contribution in [3.8, 4) is 0 Å². The van der Waals surface area contributed by atoms with E-state index in [1.54, 1.807) is 0 Å². The molecule has 3 heteroatoms. The second kappa shape index (κ2) is 5.83. The Balaban J connectivity index is 2.02. The maximum Gasteiger partial charge on any atom is 0.303 e. The van der Waals surface area contributed by atoms with E-state index in [-0.39, 0.29) is 18.1 Å². The Morgan fingerprint density at radius 1 is 1.39 bits per heavy atom. The third-order valence-corrected chi connectivity index (χ3v) is 3.25. The maximum atomic E-state index is 11.0. The highest BCUT2D eigenvalue weighted by molar-refractivity contribution is 5.66. The predicted octanol–water partition coefficient (Wildman–Crippen LogP) is 2.38. The van der Waals surface area contributed by atoms with Gasteiger partial charge in [-0.25, -0.2) is 0 Å². The van der Waals surface area contributed by atoms with Crippen molar-refractivity contribution < 1.29 is 9.53 Å². The van der Waals surface area contributed by atoms with E-state index in [0.717, 1.165) is 13.1 Å². The SMILES string of the molecule is CC(=O)O[C@@H]1C=CCN(Cc2ccccc2)[C@H]1C. The second-order valence-corrected chi connectivity index (χ2v) is 4.66. The van der Waals surface area contributed by atoms with Crippen molar-refractivity contribution in [2.24, 2.45) is 0 Å². The molecule has 0 spiro atoms. The van der Waals surface area contributed by atoms with Crippen LogP contribution in [0.25, 0.3) is 0 Å². The zero-order valence-electron chi connectivity index (χ0n) is 10.9. The van der Waals surface area contributed by atoms with E-state index in [2.05, 4.69) is 30.0 Å². The van der Waals surface area contributed by atoms with E-state index >= 15 is 0 Å². The third-order valence-electron chi connectivity index (χ3n) is 3.25. The molecular weight excluding hydrogens is 226 g/mol. The van der Waals surface area contributed by atoms with Crippen molar-refractivity contribution in [1.82, 2.24) is 4.90 Å². The van der Waals surface area contributed by atoms with Gasteiger partial charge in [0, 0.05) is 26.1 Å². The normalized spacial score (nSPS) is 23.9. The fraction of sp³-hybridized carbons (Fsp3) is 0.400. The molecule has 0 bridgehead atoms. The monoisotopic (exact) mass is 245 g/mol. The molecule has 0 aliphatic carbocycles. The Labute approximate surface area is 108 Å². The molecule has 0 saturated heterocycles. The zero-order chi connectivity index (χ0) is 13.0. The smallest absolute Gasteiger partial charge is 0.303 e. The Bertz CT molecular complexity index is 427. The van der Waals surface area contributed by atoms with E-state index < -0.39 is 0 Å². The van der Waals surface area contributed by atoms with E-state index in [9.17, 15) is 4.79 Å². The number of nitrogens with zero attached hydrogens (tertiary/aromatic N) is 1. The van der Waals surface area contributed by atoms with E-state index in [0.29, 0.717) is 0 Å². The van der Waals surface area contributed by atoms with Gasteiger partial charge in [0.25, 0.3) is 0 Å². The minimum absolute atomic E-state index is 0.139. The summed E-state index contributed by atoms with van der Waals surface area (Å²) in [6.45, 7) is 5.33. The first-order chi connectivity index (χ1) is 8.66. The first-order valence-corrected chi connectivity index (χ1v) is 6.28. The Kier molecular flexibility index (Phi) is 4.15. The minimum atomic E-state index is -0.224. The van der Waals surface area contributed by atoms with Gasteiger partial charge >= 0.3 is 5.97 Å². The number of carbonyl (C=O) groups excluding carboxylic acids is 1. The van der Waals surface area contributed by atoms with Crippen LogP contribution in [0.3, 0.4) is 0 Å². The summed E-state index contributed by atoms with van der Waals surface area (Å²) in [6.07, 6.45) is 3.91. The lowest BCUT2D eigenvalue weighted by Gasteiger charge is -2.35. The van der Waals surface area contributed by atoms with Crippen LogP contribution in [-0.4, -0.2) is 29.6 Å². The molecule has 0 unspecified atom stereocenters. The lowest BCUT2D eigenvalue weighted by Crippen LogP contribution is -2.44. The molecule has 1 aromatic rings. The highest BCUT2D eigenvalue weighted by atomic mass is 16.5. The van der Waals surface area contributed by atoms with Crippen LogP contribution in [0.5, 0.6) is 0 Å². The predicted molar refractivity (Wildman–Crippen MR) is 71.0 cm³/mol. The number of benzene rings is 1. The molecule has 0 aromatic heterocycles. The highest BCUT2D eigenvalue weighted by Gasteiger charge is 2.26. The number of hydrogen-bond acceptors (Lipinski definition) is 3. The number of rotatable bonds is 3. The molecule has 0 N–H and O–H groups in total. The Hall–Kier alpha value is -1.61. The van der Waals surface area contributed by atoms with Gasteiger partial charge in [-0.2, -0.15) is 0 Å². The molecule has 3 nitrogen and oxygen atoms in total. The van der Waals surface area contributed by atoms with Crippen LogP contribution in [0.4, 0.5) is 0 Å². The summed E-state index contributed by atoms with van der Waals surface area (Å²) in [5, 5.41) is 0. The van der Waals surface area contributed by atoms with Crippen molar-refractivity contribution >= 4 is 5.97 Å². The molecule has 1 aliphatic heterocycles. The van der Waals surface area contributed by atoms with Gasteiger partial charge in [0.2, 0.25) is 0 Å². The molecule has 0 amide bonds. The van der Waals surface area contributed by atoms with E-state index in [4.69, 9.17) is 4.74 Å². The lowest BCUT2D eigenvalue weighted by molar-refractivity contribution is -0.147. The molecule has 0 fully saturated rings. The van der Waals surface area contributed by atoms with Crippen LogP contribution in [0.1, 0.15) is 19.4 Å². The summed E-state index contributed by atoms with van der Waals surface area (Å²) in [5.74, 6) is -0.224. The fourth-order valence-electron chi connectivity index (χ4n) is 2.22. The Morgan fingerprint density at radius 2 is 2.11 bits per heavy atom. The van der Waals surface area contributed by atoms with Crippen molar-refractivity contribution in [2.45, 2.75) is 32.5 Å². The molecule has 18 heavy (non-hydrogen) atoms. The molecule has 0 saturated carbocycles. The lowest BCUT2D eigenvalue weighted by atomic mass is 10.1. The number of carbonyl (C=O) groups is 1. The molecule has 1 aromatic carbocycles. The third kappa shape index (κ3) is 3.20. The average Bonchev–Trinajstić information content (AvgIpc) is 2.35. The van der Waals surface area contributed by atoms with Crippen LogP contribution in [0, 0.1) is 0 Å². The van der Waals surface area contributed by atoms with Crippen molar-refractivity contribution in [1.29, 1.82) is 0 Å². The zero-order valence-corrected chi connectivity index (χ0v) is 10.9. The van der Waals surface area contributed by atoms with Crippen molar-refractivity contribution in [3.63, 3.8) is 0 Å². The summed E-state index contributed by atoms with van der Waals surface area (Å²) in [4.78, 5) is 13.4. The van der Waals surface area contributed by atoms with Gasteiger partial charge in [0.1, 0.15) is 6.10 Å². The molecule has 2 rings (SSSR count). The minimum Gasteiger partial charge on any atom is -0.457 e. The van der Waals surface area contributed by atoms with Gasteiger partial charge in [-0.1, -0.05) is 36.4 Å². The molecular formula is C15H19NO2. The molecule has 0 radical (unpaired) electrons. The van der Waals surface area contributed by atoms with E-state index in [1.807, 2.05) is 24.3 Å². The van der Waals surface area contributed by atoms with Gasteiger partial charge in [0.05, 0.1) is 0 Å². The average molecular weight is 245 g/mol. The highest BCUT2D eigenvalue weighted by Crippen LogP contribution is 2.17. The van der Waals surface area contributed by atoms with E-state index in [1.165, 1.54) is 12.5 Å². The van der Waals surface area contributed by atoms with Gasteiger partial charge in [-0.15, -0.1) is 0 Å². The largest absolute Gasteiger partial charge is 0.457 e. The van der Waals surface area contributed by atoms with Crippen LogP contribution >= 0.6 is 0 Å². The second-order valence-electron chi connectivity index (χ2n) is 4.66. The summed E-state index contributed by atoms with van der Waals surface area (Å²) in [7, 11) is 0. The molecule has 96 valence electrons. The fourth-order valence-corrected chi connectivity index (χ4v) is 2.22. The first-order valence-electron chi connectivity index (χ1n) is 6.28. The number of ether oxygens (including phenoxy) is 1. The summed E-state index contributed by atoms with van der Waals surface area (Å²) >= 11 is 0. The summed E-state index contributed by atoms with van der Waals surface area (Å²) in [5.41, 5.74) is 1.28. The van der Waals surface area contributed by atoms with Crippen LogP contribution in [-0.2, 0) is 16.1 Å². The number of hydrogen-bond donors (Lipinski definition) is 0. The summed E-state index contributed by atoms with van der Waals surface area (Å²) in [6, 6.07) is 10.5. The van der Waals surface area contributed by atoms with Crippen LogP contribution < -0.4 is 0 Å². The van der Waals surface area contributed by atoms with Crippen molar-refractivity contribution in [2.75, 3.05) is 6.54 Å². The van der Waals surface area contributed by atoms with Gasteiger partial charge in [-0.05, 0) is 18.6 Å². The maximum absolute atomic E-state index is 11.0. The molecule has 1 aliphatic rings. The van der Waals surface area contributed by atoms with Crippen molar-refractivity contribution in [3.05, 3.63) is 48.0 Å². The standard InChI is InChI=1S/C15H19NO2/c1-12-15(18-13(2)17)9-6-10-16(12)11-14-7-4-3-5-8-14/h3-9,12,15H,10-11H2,1-2H3/t12-,15+/m0/s1. The quantitative estimate of drug-likeness (QED) is 0.605. The first kappa shape index (κ1) is 12.8. The van der Waals surface area contributed by atoms with Gasteiger partial charge in [0.15, 0.2) is 0 Å².